The van der Waals surface area contributed by atoms with E-state index in [0.717, 1.165) is 48.6 Å². The molecule has 2 aliphatic heterocycles. The van der Waals surface area contributed by atoms with Crippen molar-refractivity contribution in [3.05, 3.63) is 48.6 Å². The molecule has 2 aliphatic rings. The first-order valence-corrected chi connectivity index (χ1v) is 11.9. The lowest BCUT2D eigenvalue weighted by Gasteiger charge is -2.25. The smallest absolute Gasteiger partial charge is 0.254 e. The van der Waals surface area contributed by atoms with E-state index < -0.39 is 0 Å². The Morgan fingerprint density at radius 2 is 1.87 bits per heavy atom. The number of fused-ring (bicyclic) bond motifs is 1. The molecule has 2 aromatic rings. The molecule has 1 saturated heterocycles. The van der Waals surface area contributed by atoms with Crippen molar-refractivity contribution < 1.29 is 23.7 Å². The number of carbonyl (C=O) groups is 1. The minimum Gasteiger partial charge on any atom is -0.487 e. The Bertz CT molecular complexity index is 956. The van der Waals surface area contributed by atoms with Crippen LogP contribution in [0.15, 0.2) is 35.4 Å². The van der Waals surface area contributed by atoms with Crippen molar-refractivity contribution in [3.8, 4) is 17.2 Å². The fraction of sp³-hybridized carbons (Fsp3) is 0.333. The molecule has 8 nitrogen and oxygen atoms in total. The third-order valence-corrected chi connectivity index (χ3v) is 6.32. The Kier molecular flexibility index (Phi) is 7.85. The first-order chi connectivity index (χ1) is 15.1. The van der Waals surface area contributed by atoms with Gasteiger partial charge in [0, 0.05) is 13.1 Å². The van der Waals surface area contributed by atoms with E-state index in [1.54, 1.807) is 6.21 Å². The summed E-state index contributed by atoms with van der Waals surface area (Å²) in [5, 5.41) is 4.09. The lowest BCUT2D eigenvalue weighted by molar-refractivity contribution is -0.123. The van der Waals surface area contributed by atoms with E-state index in [4.69, 9.17) is 18.9 Å². The Hall–Kier alpha value is -1.64. The van der Waals surface area contributed by atoms with Crippen molar-refractivity contribution in [2.24, 2.45) is 5.10 Å². The van der Waals surface area contributed by atoms with Gasteiger partial charge in [-0.15, -0.1) is 0 Å². The zero-order valence-corrected chi connectivity index (χ0v) is 20.9. The number of ether oxygens (including phenoxy) is 4. The molecule has 0 unspecified atom stereocenters. The van der Waals surface area contributed by atoms with E-state index in [2.05, 4.69) is 55.7 Å². The van der Waals surface area contributed by atoms with Crippen molar-refractivity contribution >= 4 is 57.3 Å². The van der Waals surface area contributed by atoms with Crippen LogP contribution < -0.4 is 19.6 Å². The molecule has 2 heterocycles. The fourth-order valence-electron chi connectivity index (χ4n) is 3.15. The maximum Gasteiger partial charge on any atom is 0.254 e. The highest BCUT2D eigenvalue weighted by molar-refractivity contribution is 14.1. The SMILES string of the molecule is O=C(CN1CCOCC1)N/N=C/c1cc(I)c(OCc2ccc3c(c2)OCO3)c(I)c1. The Labute approximate surface area is 207 Å². The fourth-order valence-corrected chi connectivity index (χ4v) is 5.28. The number of carbonyl (C=O) groups excluding carboxylic acids is 1. The van der Waals surface area contributed by atoms with Crippen molar-refractivity contribution in [2.75, 3.05) is 39.6 Å². The number of amides is 1. The van der Waals surface area contributed by atoms with Crippen LogP contribution in [0.1, 0.15) is 11.1 Å². The predicted molar refractivity (Wildman–Crippen MR) is 132 cm³/mol. The second-order valence-electron chi connectivity index (χ2n) is 6.97. The molecule has 164 valence electrons. The minimum absolute atomic E-state index is 0.133. The van der Waals surface area contributed by atoms with Gasteiger partial charge in [-0.05, 0) is 80.6 Å². The maximum atomic E-state index is 12.0. The summed E-state index contributed by atoms with van der Waals surface area (Å²) >= 11 is 4.49. The van der Waals surface area contributed by atoms with Crippen molar-refractivity contribution in [1.82, 2.24) is 10.3 Å². The third kappa shape index (κ3) is 6.20. The summed E-state index contributed by atoms with van der Waals surface area (Å²) in [6, 6.07) is 9.73. The molecule has 10 heteroatoms. The summed E-state index contributed by atoms with van der Waals surface area (Å²) in [6.07, 6.45) is 1.64. The van der Waals surface area contributed by atoms with E-state index >= 15 is 0 Å². The Morgan fingerprint density at radius 3 is 2.65 bits per heavy atom. The van der Waals surface area contributed by atoms with Crippen LogP contribution in [0.5, 0.6) is 17.2 Å². The average molecular weight is 649 g/mol. The minimum atomic E-state index is -0.133. The number of halogens is 2. The van der Waals surface area contributed by atoms with Crippen molar-refractivity contribution in [1.29, 1.82) is 0 Å². The molecule has 31 heavy (non-hydrogen) atoms. The van der Waals surface area contributed by atoms with Crippen LogP contribution in [0, 0.1) is 7.14 Å². The number of hydrogen-bond acceptors (Lipinski definition) is 7. The molecule has 1 fully saturated rings. The third-order valence-electron chi connectivity index (χ3n) is 4.71. The monoisotopic (exact) mass is 649 g/mol. The van der Waals surface area contributed by atoms with Gasteiger partial charge < -0.3 is 18.9 Å². The first-order valence-electron chi connectivity index (χ1n) is 9.71. The molecule has 0 bridgehead atoms. The number of rotatable bonds is 7. The lowest BCUT2D eigenvalue weighted by atomic mass is 10.2. The molecule has 4 rings (SSSR count). The van der Waals surface area contributed by atoms with Crippen LogP contribution in [0.2, 0.25) is 0 Å². The van der Waals surface area contributed by atoms with Crippen LogP contribution in [-0.2, 0) is 16.1 Å². The van der Waals surface area contributed by atoms with Gasteiger partial charge in [0.05, 0.1) is 33.1 Å². The summed E-state index contributed by atoms with van der Waals surface area (Å²) in [7, 11) is 0. The number of nitrogens with one attached hydrogen (secondary N) is 1. The van der Waals surface area contributed by atoms with Crippen LogP contribution >= 0.6 is 45.2 Å². The number of morpholine rings is 1. The summed E-state index contributed by atoms with van der Waals surface area (Å²) < 4.78 is 24.0. The molecule has 0 radical (unpaired) electrons. The molecule has 0 spiro atoms. The van der Waals surface area contributed by atoms with Gasteiger partial charge in [-0.3, -0.25) is 9.69 Å². The number of hydrogen-bond donors (Lipinski definition) is 1. The van der Waals surface area contributed by atoms with E-state index in [0.29, 0.717) is 26.4 Å². The number of benzene rings is 2. The quantitative estimate of drug-likeness (QED) is 0.283. The van der Waals surface area contributed by atoms with Gasteiger partial charge in [0.2, 0.25) is 6.79 Å². The normalized spacial score (nSPS) is 15.9. The van der Waals surface area contributed by atoms with Gasteiger partial charge in [0.15, 0.2) is 11.5 Å². The molecule has 1 N–H and O–H groups in total. The van der Waals surface area contributed by atoms with Crippen LogP contribution in [-0.4, -0.2) is 56.7 Å². The van der Waals surface area contributed by atoms with E-state index in [-0.39, 0.29) is 12.7 Å². The second kappa shape index (κ2) is 10.8. The number of nitrogens with zero attached hydrogens (tertiary/aromatic N) is 2. The van der Waals surface area contributed by atoms with Gasteiger partial charge in [-0.2, -0.15) is 5.10 Å². The average Bonchev–Trinajstić information content (AvgIpc) is 3.22. The molecule has 0 atom stereocenters. The standard InChI is InChI=1S/C21H21I2N3O5/c22-16-7-15(10-24-25-20(27)11-26-3-5-28-6-4-26)8-17(23)21(16)29-12-14-1-2-18-19(9-14)31-13-30-18/h1-2,7-10H,3-6,11-13H2,(H,25,27)/b24-10+. The van der Waals surface area contributed by atoms with E-state index in [1.807, 2.05) is 35.2 Å². The van der Waals surface area contributed by atoms with E-state index in [9.17, 15) is 4.79 Å². The highest BCUT2D eigenvalue weighted by Crippen LogP contribution is 2.34. The predicted octanol–water partition coefficient (Wildman–Crippen LogP) is 2.99. The van der Waals surface area contributed by atoms with Crippen LogP contribution in [0.25, 0.3) is 0 Å². The summed E-state index contributed by atoms with van der Waals surface area (Å²) in [5.74, 6) is 2.18. The summed E-state index contributed by atoms with van der Waals surface area (Å²) in [6.45, 7) is 3.86. The molecule has 1 amide bonds. The summed E-state index contributed by atoms with van der Waals surface area (Å²) in [5.41, 5.74) is 4.48. The van der Waals surface area contributed by atoms with Crippen LogP contribution in [0.4, 0.5) is 0 Å². The summed E-state index contributed by atoms with van der Waals surface area (Å²) in [4.78, 5) is 14.1. The molecular weight excluding hydrogens is 628 g/mol. The van der Waals surface area contributed by atoms with Crippen molar-refractivity contribution in [3.63, 3.8) is 0 Å². The Balaban J connectivity index is 1.32. The Morgan fingerprint density at radius 1 is 1.13 bits per heavy atom. The molecule has 0 aromatic heterocycles. The van der Waals surface area contributed by atoms with E-state index in [1.165, 1.54) is 0 Å². The van der Waals surface area contributed by atoms with Gasteiger partial charge in [-0.1, -0.05) is 6.07 Å². The van der Waals surface area contributed by atoms with Gasteiger partial charge in [0.1, 0.15) is 12.4 Å². The number of hydrazone groups is 1. The maximum absolute atomic E-state index is 12.0. The highest BCUT2D eigenvalue weighted by Gasteiger charge is 2.15. The van der Waals surface area contributed by atoms with Gasteiger partial charge in [0.25, 0.3) is 5.91 Å². The molecular formula is C21H21I2N3O5. The topological polar surface area (TPSA) is 81.6 Å². The largest absolute Gasteiger partial charge is 0.487 e. The lowest BCUT2D eigenvalue weighted by Crippen LogP contribution is -2.42. The zero-order chi connectivity index (χ0) is 21.6. The van der Waals surface area contributed by atoms with Gasteiger partial charge in [-0.25, -0.2) is 5.43 Å². The van der Waals surface area contributed by atoms with Crippen molar-refractivity contribution in [2.45, 2.75) is 6.61 Å². The van der Waals surface area contributed by atoms with Gasteiger partial charge >= 0.3 is 0 Å². The molecule has 0 saturated carbocycles. The van der Waals surface area contributed by atoms with Crippen LogP contribution in [0.3, 0.4) is 0 Å². The zero-order valence-electron chi connectivity index (χ0n) is 16.6. The molecule has 2 aromatic carbocycles. The second-order valence-corrected chi connectivity index (χ2v) is 9.30. The highest BCUT2D eigenvalue weighted by atomic mass is 127. The first kappa shape index (κ1) is 22.6. The molecule has 0 aliphatic carbocycles.